The lowest BCUT2D eigenvalue weighted by Gasteiger charge is -2.19. The van der Waals surface area contributed by atoms with Crippen LogP contribution in [-0.2, 0) is 38.5 Å². The Morgan fingerprint density at radius 3 is 2.10 bits per heavy atom. The number of carbonyl (C=O) groups excluding carboxylic acids is 2. The zero-order valence-corrected chi connectivity index (χ0v) is 17.4. The van der Waals surface area contributed by atoms with E-state index in [2.05, 4.69) is 5.32 Å². The van der Waals surface area contributed by atoms with Gasteiger partial charge in [0, 0.05) is 6.42 Å². The van der Waals surface area contributed by atoms with Crippen LogP contribution in [-0.4, -0.2) is 34.8 Å². The first kappa shape index (κ1) is 22.9. The van der Waals surface area contributed by atoms with Crippen molar-refractivity contribution in [3.63, 3.8) is 0 Å². The van der Waals surface area contributed by atoms with Crippen molar-refractivity contribution in [3.05, 3.63) is 71.3 Å². The Kier molecular flexibility index (Phi) is 7.98. The lowest BCUT2D eigenvalue weighted by Crippen LogP contribution is -2.42. The summed E-state index contributed by atoms with van der Waals surface area (Å²) in [5, 5.41) is 11.8. The molecule has 1 amide bonds. The van der Waals surface area contributed by atoms with E-state index in [1.165, 1.54) is 0 Å². The van der Waals surface area contributed by atoms with Gasteiger partial charge in [-0.3, -0.25) is 4.79 Å². The van der Waals surface area contributed by atoms with Gasteiger partial charge in [-0.25, -0.2) is 9.59 Å². The van der Waals surface area contributed by atoms with Gasteiger partial charge in [0.15, 0.2) is 0 Å². The molecule has 1 atom stereocenters. The van der Waals surface area contributed by atoms with E-state index in [9.17, 15) is 19.5 Å². The van der Waals surface area contributed by atoms with E-state index < -0.39 is 23.7 Å². The summed E-state index contributed by atoms with van der Waals surface area (Å²) in [5.74, 6) is -1.49. The molecule has 0 radical (unpaired) electrons. The average molecular weight is 413 g/mol. The SMILES string of the molecule is CC(C)(C)OC(=O)Cc1ccc(CC(NC(=O)OCc2ccccc2)C(=O)O)cc1. The Balaban J connectivity index is 1.89. The van der Waals surface area contributed by atoms with Crippen molar-refractivity contribution in [2.24, 2.45) is 0 Å². The Labute approximate surface area is 176 Å². The molecule has 1 unspecified atom stereocenters. The van der Waals surface area contributed by atoms with E-state index in [0.717, 1.165) is 11.1 Å². The van der Waals surface area contributed by atoms with Crippen LogP contribution in [0, 0.1) is 0 Å². The minimum absolute atomic E-state index is 0.0539. The van der Waals surface area contributed by atoms with Gasteiger partial charge in [0.25, 0.3) is 0 Å². The quantitative estimate of drug-likeness (QED) is 0.643. The fourth-order valence-electron chi connectivity index (χ4n) is 2.68. The van der Waals surface area contributed by atoms with Crippen molar-refractivity contribution in [1.82, 2.24) is 5.32 Å². The van der Waals surface area contributed by atoms with Crippen LogP contribution in [0.4, 0.5) is 4.79 Å². The molecule has 0 spiro atoms. The van der Waals surface area contributed by atoms with Crippen LogP contribution >= 0.6 is 0 Å². The monoisotopic (exact) mass is 413 g/mol. The summed E-state index contributed by atoms with van der Waals surface area (Å²) in [5.41, 5.74) is 1.72. The summed E-state index contributed by atoms with van der Waals surface area (Å²) >= 11 is 0. The van der Waals surface area contributed by atoms with Gasteiger partial charge in [0.1, 0.15) is 18.2 Å². The van der Waals surface area contributed by atoms with Crippen molar-refractivity contribution in [2.75, 3.05) is 0 Å². The van der Waals surface area contributed by atoms with Crippen molar-refractivity contribution in [2.45, 2.75) is 51.9 Å². The second kappa shape index (κ2) is 10.4. The highest BCUT2D eigenvalue weighted by molar-refractivity contribution is 5.80. The van der Waals surface area contributed by atoms with E-state index in [-0.39, 0.29) is 25.4 Å². The Bertz CT molecular complexity index is 856. The van der Waals surface area contributed by atoms with Gasteiger partial charge in [-0.05, 0) is 37.5 Å². The van der Waals surface area contributed by atoms with Crippen LogP contribution in [0.1, 0.15) is 37.5 Å². The predicted octanol–water partition coefficient (Wildman–Crippen LogP) is 3.49. The molecule has 0 aromatic heterocycles. The molecule has 0 saturated carbocycles. The van der Waals surface area contributed by atoms with Crippen molar-refractivity contribution >= 4 is 18.0 Å². The summed E-state index contributed by atoms with van der Waals surface area (Å²) in [7, 11) is 0. The topological polar surface area (TPSA) is 102 Å². The molecule has 7 heteroatoms. The number of rotatable bonds is 8. The van der Waals surface area contributed by atoms with Crippen molar-refractivity contribution < 1.29 is 29.0 Å². The zero-order valence-electron chi connectivity index (χ0n) is 17.4. The summed E-state index contributed by atoms with van der Waals surface area (Å²) < 4.78 is 10.4. The van der Waals surface area contributed by atoms with Crippen molar-refractivity contribution in [3.8, 4) is 0 Å². The molecule has 2 aromatic carbocycles. The highest BCUT2D eigenvalue weighted by Gasteiger charge is 2.21. The highest BCUT2D eigenvalue weighted by atomic mass is 16.6. The Morgan fingerprint density at radius 2 is 1.53 bits per heavy atom. The van der Waals surface area contributed by atoms with Gasteiger partial charge >= 0.3 is 18.0 Å². The first-order valence-corrected chi connectivity index (χ1v) is 9.62. The Morgan fingerprint density at radius 1 is 0.933 bits per heavy atom. The van der Waals surface area contributed by atoms with E-state index in [4.69, 9.17) is 9.47 Å². The number of hydrogen-bond acceptors (Lipinski definition) is 5. The molecule has 0 aliphatic heterocycles. The molecule has 7 nitrogen and oxygen atoms in total. The first-order chi connectivity index (χ1) is 14.1. The maximum atomic E-state index is 12.0. The number of esters is 1. The molecular formula is C23H27NO6. The molecule has 2 N–H and O–H groups in total. The predicted molar refractivity (Wildman–Crippen MR) is 111 cm³/mol. The molecule has 160 valence electrons. The molecule has 0 saturated heterocycles. The minimum Gasteiger partial charge on any atom is -0.480 e. The number of nitrogens with one attached hydrogen (secondary N) is 1. The normalized spacial score (nSPS) is 12.0. The largest absolute Gasteiger partial charge is 0.480 e. The molecule has 0 heterocycles. The smallest absolute Gasteiger partial charge is 0.408 e. The van der Waals surface area contributed by atoms with Crippen LogP contribution in [0.3, 0.4) is 0 Å². The summed E-state index contributed by atoms with van der Waals surface area (Å²) in [4.78, 5) is 35.4. The fraction of sp³-hybridized carbons (Fsp3) is 0.348. The molecule has 0 aliphatic rings. The number of amides is 1. The number of carboxylic acid groups (broad SMARTS) is 1. The number of aliphatic carboxylic acids is 1. The number of ether oxygens (including phenoxy) is 2. The van der Waals surface area contributed by atoms with Gasteiger partial charge in [-0.15, -0.1) is 0 Å². The maximum Gasteiger partial charge on any atom is 0.408 e. The fourth-order valence-corrected chi connectivity index (χ4v) is 2.68. The van der Waals surface area contributed by atoms with Crippen LogP contribution in [0.25, 0.3) is 0 Å². The lowest BCUT2D eigenvalue weighted by atomic mass is 10.0. The van der Waals surface area contributed by atoms with Crippen LogP contribution in [0.5, 0.6) is 0 Å². The van der Waals surface area contributed by atoms with E-state index in [1.807, 2.05) is 18.2 Å². The van der Waals surface area contributed by atoms with Gasteiger partial charge in [-0.1, -0.05) is 54.6 Å². The van der Waals surface area contributed by atoms with Gasteiger partial charge in [0.05, 0.1) is 6.42 Å². The maximum absolute atomic E-state index is 12.0. The summed E-state index contributed by atoms with van der Waals surface area (Å²) in [6.07, 6.45) is -0.584. The highest BCUT2D eigenvalue weighted by Crippen LogP contribution is 2.12. The third-order valence-corrected chi connectivity index (χ3v) is 4.03. The van der Waals surface area contributed by atoms with E-state index in [0.29, 0.717) is 5.56 Å². The second-order valence-electron chi connectivity index (χ2n) is 7.88. The van der Waals surface area contributed by atoms with Crippen LogP contribution < -0.4 is 5.32 Å². The average Bonchev–Trinajstić information content (AvgIpc) is 2.66. The first-order valence-electron chi connectivity index (χ1n) is 9.62. The molecule has 30 heavy (non-hydrogen) atoms. The van der Waals surface area contributed by atoms with Gasteiger partial charge in [0.2, 0.25) is 0 Å². The third kappa shape index (κ3) is 8.34. The zero-order chi connectivity index (χ0) is 22.1. The number of carbonyl (C=O) groups is 3. The van der Waals surface area contributed by atoms with Crippen molar-refractivity contribution in [1.29, 1.82) is 0 Å². The van der Waals surface area contributed by atoms with E-state index >= 15 is 0 Å². The molecule has 0 bridgehead atoms. The third-order valence-electron chi connectivity index (χ3n) is 4.03. The standard InChI is InChI=1S/C23H27NO6/c1-23(2,3)30-20(25)14-17-11-9-16(10-12-17)13-19(21(26)27)24-22(28)29-15-18-7-5-4-6-8-18/h4-12,19H,13-15H2,1-3H3,(H,24,28)(H,26,27). The molecule has 2 rings (SSSR count). The van der Waals surface area contributed by atoms with Gasteiger partial charge < -0.3 is 19.9 Å². The molecule has 2 aromatic rings. The molecular weight excluding hydrogens is 386 g/mol. The van der Waals surface area contributed by atoms with E-state index in [1.54, 1.807) is 57.2 Å². The number of benzene rings is 2. The minimum atomic E-state index is -1.16. The number of alkyl carbamates (subject to hydrolysis) is 1. The van der Waals surface area contributed by atoms with Crippen LogP contribution in [0.15, 0.2) is 54.6 Å². The lowest BCUT2D eigenvalue weighted by molar-refractivity contribution is -0.154. The summed E-state index contributed by atoms with van der Waals surface area (Å²) in [6.45, 7) is 5.46. The number of hydrogen-bond donors (Lipinski definition) is 2. The van der Waals surface area contributed by atoms with Gasteiger partial charge in [-0.2, -0.15) is 0 Å². The summed E-state index contributed by atoms with van der Waals surface area (Å²) in [6, 6.07) is 14.9. The Hall–Kier alpha value is -3.35. The second-order valence-corrected chi connectivity index (χ2v) is 7.88. The number of carboxylic acids is 1. The molecule has 0 fully saturated rings. The molecule has 0 aliphatic carbocycles. The van der Waals surface area contributed by atoms with Crippen LogP contribution in [0.2, 0.25) is 0 Å².